The van der Waals surface area contributed by atoms with Crippen LogP contribution in [-0.2, 0) is 17.3 Å². The maximum absolute atomic E-state index is 12.6. The SMILES string of the molecule is CN(C)S(=O)(=O)N1CCC[C@@H]1c1nccnc1-c1ccnn1C. The lowest BCUT2D eigenvalue weighted by Crippen LogP contribution is -2.39. The lowest BCUT2D eigenvalue weighted by atomic mass is 10.1. The van der Waals surface area contributed by atoms with Crippen LogP contribution >= 0.6 is 0 Å². The second kappa shape index (κ2) is 5.99. The fourth-order valence-corrected chi connectivity index (χ4v) is 4.20. The van der Waals surface area contributed by atoms with E-state index in [4.69, 9.17) is 0 Å². The van der Waals surface area contributed by atoms with Gasteiger partial charge in [0.05, 0.1) is 17.4 Å². The molecule has 124 valence electrons. The van der Waals surface area contributed by atoms with Crippen molar-refractivity contribution in [1.29, 1.82) is 0 Å². The van der Waals surface area contributed by atoms with Crippen molar-refractivity contribution in [3.05, 3.63) is 30.4 Å². The Labute approximate surface area is 135 Å². The van der Waals surface area contributed by atoms with Crippen LogP contribution < -0.4 is 0 Å². The van der Waals surface area contributed by atoms with Gasteiger partial charge in [0.1, 0.15) is 5.69 Å². The van der Waals surface area contributed by atoms with Crippen molar-refractivity contribution in [2.75, 3.05) is 20.6 Å². The van der Waals surface area contributed by atoms with Crippen LogP contribution in [0.3, 0.4) is 0 Å². The minimum atomic E-state index is -3.49. The van der Waals surface area contributed by atoms with E-state index in [2.05, 4.69) is 15.1 Å². The van der Waals surface area contributed by atoms with Crippen molar-refractivity contribution < 1.29 is 8.42 Å². The third-order valence-electron chi connectivity index (χ3n) is 4.07. The molecule has 0 N–H and O–H groups in total. The molecule has 0 bridgehead atoms. The lowest BCUT2D eigenvalue weighted by molar-refractivity contribution is 0.358. The molecule has 2 aromatic heterocycles. The Morgan fingerprint density at radius 2 is 1.96 bits per heavy atom. The van der Waals surface area contributed by atoms with E-state index in [1.54, 1.807) is 37.4 Å². The first kappa shape index (κ1) is 16.0. The summed E-state index contributed by atoms with van der Waals surface area (Å²) in [5.74, 6) is 0. The van der Waals surface area contributed by atoms with Gasteiger partial charge in [0, 0.05) is 46.3 Å². The molecule has 8 nitrogen and oxygen atoms in total. The molecule has 0 unspecified atom stereocenters. The summed E-state index contributed by atoms with van der Waals surface area (Å²) in [6, 6.07) is 1.55. The number of aromatic nitrogens is 4. The molecule has 0 saturated carbocycles. The van der Waals surface area contributed by atoms with Gasteiger partial charge < -0.3 is 0 Å². The Kier molecular flexibility index (Phi) is 4.17. The number of hydrogen-bond acceptors (Lipinski definition) is 5. The molecule has 0 amide bonds. The number of rotatable bonds is 4. The predicted octanol–water partition coefficient (Wildman–Crippen LogP) is 0.820. The molecule has 0 radical (unpaired) electrons. The van der Waals surface area contributed by atoms with Gasteiger partial charge in [-0.15, -0.1) is 0 Å². The molecule has 1 fully saturated rings. The molecule has 1 saturated heterocycles. The van der Waals surface area contributed by atoms with Crippen LogP contribution in [0.4, 0.5) is 0 Å². The van der Waals surface area contributed by atoms with Crippen LogP contribution in [0, 0.1) is 0 Å². The molecule has 0 aliphatic carbocycles. The second-order valence-corrected chi connectivity index (χ2v) is 7.78. The molecule has 3 rings (SSSR count). The smallest absolute Gasteiger partial charge is 0.266 e. The summed E-state index contributed by atoms with van der Waals surface area (Å²) < 4.78 is 29.6. The number of nitrogens with zero attached hydrogens (tertiary/aromatic N) is 6. The van der Waals surface area contributed by atoms with Crippen molar-refractivity contribution in [3.63, 3.8) is 0 Å². The minimum absolute atomic E-state index is 0.305. The highest BCUT2D eigenvalue weighted by atomic mass is 32.2. The highest BCUT2D eigenvalue weighted by Gasteiger charge is 2.38. The summed E-state index contributed by atoms with van der Waals surface area (Å²) in [5.41, 5.74) is 2.18. The molecule has 1 aliphatic heterocycles. The summed E-state index contributed by atoms with van der Waals surface area (Å²) in [4.78, 5) is 8.88. The van der Waals surface area contributed by atoms with Gasteiger partial charge in [-0.3, -0.25) is 14.6 Å². The molecule has 0 spiro atoms. The second-order valence-electron chi connectivity index (χ2n) is 5.69. The standard InChI is InChI=1S/C14H20N6O2S/c1-18(2)23(21,22)20-10-4-5-12(20)14-13(15-8-9-16-14)11-6-7-17-19(11)3/h6-9,12H,4-5,10H2,1-3H3/t12-/m1/s1. The summed E-state index contributed by atoms with van der Waals surface area (Å²) in [7, 11) is 1.43. The molecule has 2 aromatic rings. The summed E-state index contributed by atoms with van der Waals surface area (Å²) in [6.45, 7) is 0.493. The summed E-state index contributed by atoms with van der Waals surface area (Å²) in [5, 5.41) is 4.17. The third-order valence-corrected chi connectivity index (χ3v) is 6.02. The van der Waals surface area contributed by atoms with Gasteiger partial charge in [-0.25, -0.2) is 0 Å². The number of aryl methyl sites for hydroxylation is 1. The van der Waals surface area contributed by atoms with E-state index in [9.17, 15) is 8.42 Å². The third kappa shape index (κ3) is 2.75. The van der Waals surface area contributed by atoms with Crippen LogP contribution in [-0.4, -0.2) is 57.4 Å². The van der Waals surface area contributed by atoms with Crippen molar-refractivity contribution in [1.82, 2.24) is 28.4 Å². The van der Waals surface area contributed by atoms with Gasteiger partial charge >= 0.3 is 0 Å². The van der Waals surface area contributed by atoms with E-state index in [0.29, 0.717) is 17.9 Å². The van der Waals surface area contributed by atoms with E-state index in [0.717, 1.165) is 18.5 Å². The molecule has 1 atom stereocenters. The summed E-state index contributed by atoms with van der Waals surface area (Å²) >= 11 is 0. The predicted molar refractivity (Wildman–Crippen MR) is 85.5 cm³/mol. The Morgan fingerprint density at radius 3 is 2.61 bits per heavy atom. The molecule has 3 heterocycles. The quantitative estimate of drug-likeness (QED) is 0.825. The molecule has 0 aromatic carbocycles. The molecule has 9 heteroatoms. The van der Waals surface area contributed by atoms with Crippen molar-refractivity contribution in [2.45, 2.75) is 18.9 Å². The zero-order valence-corrected chi connectivity index (χ0v) is 14.2. The Hall–Kier alpha value is -1.84. The number of hydrogen-bond donors (Lipinski definition) is 0. The van der Waals surface area contributed by atoms with Crippen LogP contribution in [0.1, 0.15) is 24.6 Å². The van der Waals surface area contributed by atoms with Gasteiger partial charge in [-0.2, -0.15) is 22.1 Å². The largest absolute Gasteiger partial charge is 0.282 e. The Bertz CT molecular complexity index is 801. The first-order chi connectivity index (χ1) is 10.9. The topological polar surface area (TPSA) is 84.2 Å². The maximum Gasteiger partial charge on any atom is 0.282 e. The first-order valence-electron chi connectivity index (χ1n) is 7.41. The zero-order valence-electron chi connectivity index (χ0n) is 13.4. The molecule has 23 heavy (non-hydrogen) atoms. The average molecular weight is 336 g/mol. The fourth-order valence-electron chi connectivity index (χ4n) is 2.90. The minimum Gasteiger partial charge on any atom is -0.266 e. The van der Waals surface area contributed by atoms with Gasteiger partial charge in [0.25, 0.3) is 10.2 Å². The first-order valence-corrected chi connectivity index (χ1v) is 8.81. The van der Waals surface area contributed by atoms with Crippen LogP contribution in [0.2, 0.25) is 0 Å². The highest BCUT2D eigenvalue weighted by molar-refractivity contribution is 7.86. The normalized spacial score (nSPS) is 19.6. The lowest BCUT2D eigenvalue weighted by Gasteiger charge is -2.27. The zero-order chi connectivity index (χ0) is 16.6. The Balaban J connectivity index is 2.07. The van der Waals surface area contributed by atoms with Crippen LogP contribution in [0.25, 0.3) is 11.4 Å². The van der Waals surface area contributed by atoms with Gasteiger partial charge in [0.2, 0.25) is 0 Å². The van der Waals surface area contributed by atoms with Gasteiger partial charge in [-0.05, 0) is 18.9 Å². The van der Waals surface area contributed by atoms with Crippen LogP contribution in [0.5, 0.6) is 0 Å². The fraction of sp³-hybridized carbons (Fsp3) is 0.500. The summed E-state index contributed by atoms with van der Waals surface area (Å²) in [6.07, 6.45) is 6.45. The Morgan fingerprint density at radius 1 is 1.22 bits per heavy atom. The molecular formula is C14H20N6O2S. The highest BCUT2D eigenvalue weighted by Crippen LogP contribution is 2.37. The van der Waals surface area contributed by atoms with Crippen LogP contribution in [0.15, 0.2) is 24.7 Å². The van der Waals surface area contributed by atoms with Gasteiger partial charge in [-0.1, -0.05) is 0 Å². The van der Waals surface area contributed by atoms with E-state index < -0.39 is 10.2 Å². The van der Waals surface area contributed by atoms with E-state index in [1.165, 1.54) is 8.61 Å². The van der Waals surface area contributed by atoms with Crippen molar-refractivity contribution in [2.24, 2.45) is 7.05 Å². The maximum atomic E-state index is 12.6. The molecule has 1 aliphatic rings. The van der Waals surface area contributed by atoms with E-state index in [-0.39, 0.29) is 6.04 Å². The van der Waals surface area contributed by atoms with Gasteiger partial charge in [0.15, 0.2) is 0 Å². The monoisotopic (exact) mass is 336 g/mol. The molecular weight excluding hydrogens is 316 g/mol. The van der Waals surface area contributed by atoms with E-state index in [1.807, 2.05) is 13.1 Å². The average Bonchev–Trinajstić information content (AvgIpc) is 3.16. The van der Waals surface area contributed by atoms with Crippen molar-refractivity contribution >= 4 is 10.2 Å². The van der Waals surface area contributed by atoms with Crippen molar-refractivity contribution in [3.8, 4) is 11.4 Å². The van der Waals surface area contributed by atoms with E-state index >= 15 is 0 Å².